The number of aromatic nitrogens is 1. The molecule has 3 aromatic rings. The van der Waals surface area contributed by atoms with Crippen LogP contribution in [-0.4, -0.2) is 17.3 Å². The number of hydrogen-bond acceptors (Lipinski definition) is 2. The van der Waals surface area contributed by atoms with E-state index in [9.17, 15) is 4.79 Å². The topological polar surface area (TPSA) is 44.9 Å². The number of Topliss-reactive ketones (excluding diaryl/α,β-unsaturated/α-hetero) is 1. The predicted molar refractivity (Wildman–Crippen MR) is 86.2 cm³/mol. The van der Waals surface area contributed by atoms with Gasteiger partial charge in [0.25, 0.3) is 0 Å². The van der Waals surface area contributed by atoms with Crippen molar-refractivity contribution in [3.63, 3.8) is 0 Å². The van der Waals surface area contributed by atoms with Crippen molar-refractivity contribution in [3.05, 3.63) is 53.1 Å². The number of aromatic amines is 1. The van der Waals surface area contributed by atoms with E-state index in [1.807, 2.05) is 42.5 Å². The number of H-pyrrole nitrogens is 1. The van der Waals surface area contributed by atoms with E-state index in [2.05, 4.69) is 10.3 Å². The van der Waals surface area contributed by atoms with E-state index in [-0.39, 0.29) is 5.78 Å². The maximum atomic E-state index is 12.2. The van der Waals surface area contributed by atoms with E-state index in [0.29, 0.717) is 18.0 Å². The van der Waals surface area contributed by atoms with Crippen molar-refractivity contribution in [2.24, 2.45) is 0 Å². The Kier molecular flexibility index (Phi) is 2.76. The Labute approximate surface area is 126 Å². The lowest BCUT2D eigenvalue weighted by atomic mass is 10.0. The fourth-order valence-electron chi connectivity index (χ4n) is 2.93. The molecule has 0 saturated carbocycles. The minimum Gasteiger partial charge on any atom is -0.382 e. The molecule has 0 atom stereocenters. The van der Waals surface area contributed by atoms with Crippen LogP contribution in [0.1, 0.15) is 16.8 Å². The van der Waals surface area contributed by atoms with Gasteiger partial charge in [-0.3, -0.25) is 4.79 Å². The first-order valence-corrected chi connectivity index (χ1v) is 7.29. The number of carbonyl (C=O) groups excluding carboxylic acids is 1. The summed E-state index contributed by atoms with van der Waals surface area (Å²) in [5.74, 6) is 0.188. The Hall–Kier alpha value is -2.26. The maximum absolute atomic E-state index is 12.2. The average Bonchev–Trinajstić information content (AvgIpc) is 2.77. The molecule has 0 bridgehead atoms. The van der Waals surface area contributed by atoms with Crippen LogP contribution in [0.2, 0.25) is 5.02 Å². The van der Waals surface area contributed by atoms with E-state index >= 15 is 0 Å². The number of carbonyl (C=O) groups is 1. The highest BCUT2D eigenvalue weighted by Gasteiger charge is 2.21. The molecule has 1 aromatic heterocycles. The number of nitrogens with one attached hydrogen (secondary N) is 2. The fourth-order valence-corrected chi connectivity index (χ4v) is 3.05. The Morgan fingerprint density at radius 1 is 1.05 bits per heavy atom. The summed E-state index contributed by atoms with van der Waals surface area (Å²) in [5, 5.41) is 5.10. The molecule has 4 rings (SSSR count). The second-order valence-corrected chi connectivity index (χ2v) is 5.65. The van der Waals surface area contributed by atoms with Crippen molar-refractivity contribution < 1.29 is 4.79 Å². The molecule has 21 heavy (non-hydrogen) atoms. The van der Waals surface area contributed by atoms with E-state index in [4.69, 9.17) is 11.6 Å². The molecule has 0 amide bonds. The number of anilines is 1. The molecule has 104 valence electrons. The first kappa shape index (κ1) is 12.5. The molecular formula is C17H13ClN2O. The predicted octanol–water partition coefficient (Wildman–Crippen LogP) is 4.49. The van der Waals surface area contributed by atoms with Gasteiger partial charge in [-0.25, -0.2) is 0 Å². The van der Waals surface area contributed by atoms with Gasteiger partial charge in [-0.2, -0.15) is 0 Å². The third-order valence-corrected chi connectivity index (χ3v) is 4.16. The molecule has 2 aromatic carbocycles. The zero-order valence-corrected chi connectivity index (χ0v) is 12.0. The number of benzene rings is 2. The van der Waals surface area contributed by atoms with Crippen molar-refractivity contribution >= 4 is 34.0 Å². The molecule has 4 heteroatoms. The molecule has 1 aliphatic rings. The molecule has 2 heterocycles. The summed E-state index contributed by atoms with van der Waals surface area (Å²) in [5.41, 5.74) is 4.84. The lowest BCUT2D eigenvalue weighted by Gasteiger charge is -2.06. The second-order valence-electron chi connectivity index (χ2n) is 5.21. The average molecular weight is 297 g/mol. The summed E-state index contributed by atoms with van der Waals surface area (Å²) in [6.07, 6.45) is 0.522. The van der Waals surface area contributed by atoms with Gasteiger partial charge in [-0.1, -0.05) is 35.9 Å². The molecule has 0 aliphatic carbocycles. The third kappa shape index (κ3) is 1.93. The highest BCUT2D eigenvalue weighted by molar-refractivity contribution is 6.30. The minimum atomic E-state index is 0.188. The van der Waals surface area contributed by atoms with Crippen molar-refractivity contribution in [3.8, 4) is 11.3 Å². The van der Waals surface area contributed by atoms with Crippen LogP contribution in [0.5, 0.6) is 0 Å². The van der Waals surface area contributed by atoms with Crippen LogP contribution in [0.15, 0.2) is 42.5 Å². The lowest BCUT2D eigenvalue weighted by Crippen LogP contribution is -2.05. The summed E-state index contributed by atoms with van der Waals surface area (Å²) in [4.78, 5) is 15.6. The fraction of sp³-hybridized carbons (Fsp3) is 0.118. The highest BCUT2D eigenvalue weighted by Crippen LogP contribution is 2.38. The molecule has 0 fully saturated rings. The van der Waals surface area contributed by atoms with Crippen LogP contribution in [0.25, 0.3) is 22.2 Å². The van der Waals surface area contributed by atoms with Crippen LogP contribution in [-0.2, 0) is 0 Å². The van der Waals surface area contributed by atoms with Crippen LogP contribution < -0.4 is 5.32 Å². The van der Waals surface area contributed by atoms with Crippen molar-refractivity contribution in [1.82, 2.24) is 4.98 Å². The van der Waals surface area contributed by atoms with Crippen LogP contribution >= 0.6 is 11.6 Å². The molecule has 1 aliphatic heterocycles. The zero-order chi connectivity index (χ0) is 14.4. The SMILES string of the molecule is O=C1CCNc2c(-c3ccc(Cl)cc3)[nH]c3cccc1c23. The summed E-state index contributed by atoms with van der Waals surface area (Å²) in [6, 6.07) is 13.5. The van der Waals surface area contributed by atoms with E-state index in [0.717, 1.165) is 33.4 Å². The molecule has 3 nitrogen and oxygen atoms in total. The van der Waals surface area contributed by atoms with Gasteiger partial charge in [0.05, 0.1) is 11.4 Å². The second kappa shape index (κ2) is 4.64. The van der Waals surface area contributed by atoms with Gasteiger partial charge in [-0.05, 0) is 18.2 Å². The molecule has 0 unspecified atom stereocenters. The summed E-state index contributed by atoms with van der Waals surface area (Å²) < 4.78 is 0. The Balaban J connectivity index is 2.02. The van der Waals surface area contributed by atoms with Gasteiger partial charge < -0.3 is 10.3 Å². The summed E-state index contributed by atoms with van der Waals surface area (Å²) >= 11 is 5.96. The van der Waals surface area contributed by atoms with E-state index in [1.165, 1.54) is 0 Å². The smallest absolute Gasteiger partial charge is 0.165 e. The van der Waals surface area contributed by atoms with Gasteiger partial charge >= 0.3 is 0 Å². The first-order valence-electron chi connectivity index (χ1n) is 6.92. The zero-order valence-electron chi connectivity index (χ0n) is 11.2. The largest absolute Gasteiger partial charge is 0.382 e. The quantitative estimate of drug-likeness (QED) is 0.695. The van der Waals surface area contributed by atoms with Gasteiger partial charge in [0.2, 0.25) is 0 Å². The first-order chi connectivity index (χ1) is 10.2. The Morgan fingerprint density at radius 3 is 2.67 bits per heavy atom. The summed E-state index contributed by atoms with van der Waals surface area (Å²) in [7, 11) is 0. The number of hydrogen-bond donors (Lipinski definition) is 2. The number of halogens is 1. The van der Waals surface area contributed by atoms with Crippen molar-refractivity contribution in [1.29, 1.82) is 0 Å². The number of rotatable bonds is 1. The van der Waals surface area contributed by atoms with Gasteiger partial charge in [0.15, 0.2) is 5.78 Å². The van der Waals surface area contributed by atoms with E-state index < -0.39 is 0 Å². The normalized spacial score (nSPS) is 14.0. The minimum absolute atomic E-state index is 0.188. The summed E-state index contributed by atoms with van der Waals surface area (Å²) in [6.45, 7) is 0.654. The third-order valence-electron chi connectivity index (χ3n) is 3.91. The molecule has 0 saturated heterocycles. The van der Waals surface area contributed by atoms with Crippen molar-refractivity contribution in [2.75, 3.05) is 11.9 Å². The standard InChI is InChI=1S/C17H13ClN2O/c18-11-6-4-10(5-7-11)16-17-15-12(14(21)8-9-19-17)2-1-3-13(15)20-16/h1-7,19-20H,8-9H2. The Bertz CT molecular complexity index is 849. The van der Waals surface area contributed by atoms with Crippen LogP contribution in [0, 0.1) is 0 Å². The van der Waals surface area contributed by atoms with Gasteiger partial charge in [0.1, 0.15) is 0 Å². The van der Waals surface area contributed by atoms with Gasteiger partial charge in [0, 0.05) is 40.0 Å². The highest BCUT2D eigenvalue weighted by atomic mass is 35.5. The van der Waals surface area contributed by atoms with Crippen molar-refractivity contribution in [2.45, 2.75) is 6.42 Å². The van der Waals surface area contributed by atoms with Crippen LogP contribution in [0.4, 0.5) is 5.69 Å². The Morgan fingerprint density at radius 2 is 1.86 bits per heavy atom. The van der Waals surface area contributed by atoms with Crippen LogP contribution in [0.3, 0.4) is 0 Å². The monoisotopic (exact) mass is 296 g/mol. The maximum Gasteiger partial charge on any atom is 0.165 e. The molecule has 0 spiro atoms. The molecular weight excluding hydrogens is 284 g/mol. The lowest BCUT2D eigenvalue weighted by molar-refractivity contribution is 0.0989. The molecule has 0 radical (unpaired) electrons. The molecule has 2 N–H and O–H groups in total. The van der Waals surface area contributed by atoms with E-state index in [1.54, 1.807) is 0 Å². The number of ketones is 1. The van der Waals surface area contributed by atoms with Gasteiger partial charge in [-0.15, -0.1) is 0 Å².